The number of hydrogen-bond acceptors (Lipinski definition) is 6. The van der Waals surface area contributed by atoms with Gasteiger partial charge in [-0.2, -0.15) is 9.97 Å². The molecule has 0 atom stereocenters. The van der Waals surface area contributed by atoms with Crippen LogP contribution in [0.15, 0.2) is 65.7 Å². The molecule has 3 aromatic rings. The first-order valence-corrected chi connectivity index (χ1v) is 10.5. The van der Waals surface area contributed by atoms with E-state index in [1.807, 2.05) is 37.3 Å². The summed E-state index contributed by atoms with van der Waals surface area (Å²) in [5.74, 6) is 1.59. The molecule has 0 saturated carbocycles. The van der Waals surface area contributed by atoms with Gasteiger partial charge in [0.1, 0.15) is 11.6 Å². The lowest BCUT2D eigenvalue weighted by Gasteiger charge is -2.11. The highest BCUT2D eigenvalue weighted by atomic mass is 16.5. The van der Waals surface area contributed by atoms with Gasteiger partial charge < -0.3 is 14.8 Å². The highest BCUT2D eigenvalue weighted by Gasteiger charge is 2.09. The van der Waals surface area contributed by atoms with Gasteiger partial charge >= 0.3 is 6.01 Å². The Bertz CT molecular complexity index is 1110. The number of allylic oxidation sites excluding steroid dienone is 2. The van der Waals surface area contributed by atoms with Gasteiger partial charge in [0.05, 0.1) is 19.9 Å². The molecule has 1 heterocycles. The second-order valence-corrected chi connectivity index (χ2v) is 7.42. The van der Waals surface area contributed by atoms with Gasteiger partial charge in [-0.3, -0.25) is 4.99 Å². The van der Waals surface area contributed by atoms with Crippen molar-refractivity contribution in [1.82, 2.24) is 9.97 Å². The molecule has 6 nitrogen and oxygen atoms in total. The van der Waals surface area contributed by atoms with Crippen molar-refractivity contribution in [2.45, 2.75) is 20.3 Å². The molecule has 0 bridgehead atoms. The van der Waals surface area contributed by atoms with Gasteiger partial charge in [-0.1, -0.05) is 30.3 Å². The number of anilines is 1. The van der Waals surface area contributed by atoms with E-state index in [1.54, 1.807) is 21.3 Å². The number of rotatable bonds is 9. The summed E-state index contributed by atoms with van der Waals surface area (Å²) in [6.07, 6.45) is 2.94. The fraction of sp³-hybridized carbons (Fsp3) is 0.269. The number of nitrogens with zero attached hydrogens (tertiary/aromatic N) is 3. The maximum Gasteiger partial charge on any atom is 0.318 e. The summed E-state index contributed by atoms with van der Waals surface area (Å²) in [5, 5.41) is 3.39. The van der Waals surface area contributed by atoms with Crippen LogP contribution in [0.25, 0.3) is 16.8 Å². The first-order chi connectivity index (χ1) is 15.5. The molecule has 3 rings (SSSR count). The molecule has 0 saturated heterocycles. The lowest BCUT2D eigenvalue weighted by atomic mass is 10.0. The van der Waals surface area contributed by atoms with E-state index < -0.39 is 0 Å². The van der Waals surface area contributed by atoms with E-state index >= 15 is 0 Å². The molecule has 0 aliphatic rings. The van der Waals surface area contributed by atoms with E-state index in [0.717, 1.165) is 52.6 Å². The number of ether oxygens (including phenoxy) is 2. The quantitative estimate of drug-likeness (QED) is 0.466. The van der Waals surface area contributed by atoms with Gasteiger partial charge in [-0.15, -0.1) is 0 Å². The van der Waals surface area contributed by atoms with Crippen molar-refractivity contribution in [2.75, 3.05) is 33.1 Å². The molecule has 6 heteroatoms. The Morgan fingerprint density at radius 2 is 1.78 bits per heavy atom. The van der Waals surface area contributed by atoms with Crippen LogP contribution < -0.4 is 14.8 Å². The Hall–Kier alpha value is -3.67. The molecule has 1 aromatic heterocycles. The van der Waals surface area contributed by atoms with Crippen LogP contribution in [-0.2, 0) is 6.42 Å². The summed E-state index contributed by atoms with van der Waals surface area (Å²) < 4.78 is 10.6. The van der Waals surface area contributed by atoms with E-state index in [2.05, 4.69) is 57.5 Å². The minimum absolute atomic E-state index is 0.334. The molecule has 0 amide bonds. The molecular formula is C26H30N4O2. The Labute approximate surface area is 190 Å². The second-order valence-electron chi connectivity index (χ2n) is 7.42. The zero-order valence-corrected chi connectivity index (χ0v) is 19.3. The molecule has 0 radical (unpaired) electrons. The first-order valence-electron chi connectivity index (χ1n) is 10.5. The number of methoxy groups -OCH3 is 2. The van der Waals surface area contributed by atoms with Crippen molar-refractivity contribution in [3.63, 3.8) is 0 Å². The lowest BCUT2D eigenvalue weighted by molar-refractivity contribution is 0.381. The third-order valence-electron chi connectivity index (χ3n) is 5.16. The average molecular weight is 431 g/mol. The van der Waals surface area contributed by atoms with Crippen LogP contribution in [0.5, 0.6) is 11.8 Å². The topological polar surface area (TPSA) is 68.6 Å². The lowest BCUT2D eigenvalue weighted by Crippen LogP contribution is -2.08. The van der Waals surface area contributed by atoms with E-state index in [0.29, 0.717) is 6.01 Å². The van der Waals surface area contributed by atoms with Gasteiger partial charge in [0.2, 0.25) is 0 Å². The van der Waals surface area contributed by atoms with Gasteiger partial charge in [0.15, 0.2) is 0 Å². The second kappa shape index (κ2) is 11.1. The molecule has 32 heavy (non-hydrogen) atoms. The van der Waals surface area contributed by atoms with Gasteiger partial charge in [-0.25, -0.2) is 0 Å². The van der Waals surface area contributed by atoms with Gasteiger partial charge in [0.25, 0.3) is 0 Å². The van der Waals surface area contributed by atoms with Crippen molar-refractivity contribution in [3.05, 3.63) is 71.8 Å². The van der Waals surface area contributed by atoms with Crippen molar-refractivity contribution >= 4 is 17.1 Å². The molecule has 1 N–H and O–H groups in total. The zero-order chi connectivity index (χ0) is 22.9. The number of aromatic nitrogens is 2. The average Bonchev–Trinajstić information content (AvgIpc) is 2.84. The highest BCUT2D eigenvalue weighted by Crippen LogP contribution is 2.26. The minimum atomic E-state index is 0.334. The summed E-state index contributed by atoms with van der Waals surface area (Å²) in [4.78, 5) is 13.2. The number of benzene rings is 2. The molecule has 166 valence electrons. The number of nitrogens with one attached hydrogen (secondary N) is 1. The van der Waals surface area contributed by atoms with E-state index in [1.165, 1.54) is 5.56 Å². The fourth-order valence-corrected chi connectivity index (χ4v) is 3.27. The maximum absolute atomic E-state index is 5.35. The summed E-state index contributed by atoms with van der Waals surface area (Å²) in [6.45, 7) is 4.82. The molecule has 0 aliphatic carbocycles. The summed E-state index contributed by atoms with van der Waals surface area (Å²) in [6, 6.07) is 18.7. The fourth-order valence-electron chi connectivity index (χ4n) is 3.27. The van der Waals surface area contributed by atoms with Crippen LogP contribution in [0.1, 0.15) is 25.0 Å². The maximum atomic E-state index is 5.35. The van der Waals surface area contributed by atoms with E-state index in [-0.39, 0.29) is 0 Å². The normalized spacial score (nSPS) is 11.9. The van der Waals surface area contributed by atoms with Crippen molar-refractivity contribution in [1.29, 1.82) is 0 Å². The van der Waals surface area contributed by atoms with Crippen LogP contribution in [-0.4, -0.2) is 43.5 Å². The Morgan fingerprint density at radius 3 is 2.47 bits per heavy atom. The van der Waals surface area contributed by atoms with Gasteiger partial charge in [0, 0.05) is 30.9 Å². The van der Waals surface area contributed by atoms with Crippen molar-refractivity contribution in [2.24, 2.45) is 4.99 Å². The SMILES string of the molecule is CN=C(C)/C=C(\C)c1cccc(-c2cc(NCCc3ccc(OC)cc3)nc(OC)n2)c1. The van der Waals surface area contributed by atoms with Gasteiger partial charge in [-0.05, 0) is 61.2 Å². The highest BCUT2D eigenvalue weighted by molar-refractivity contribution is 5.99. The zero-order valence-electron chi connectivity index (χ0n) is 19.3. The first kappa shape index (κ1) is 23.0. The Morgan fingerprint density at radius 1 is 1.00 bits per heavy atom. The standard InChI is InChI=1S/C26H30N4O2/c1-18(15-19(2)27-3)21-7-6-8-22(16-21)24-17-25(30-26(29-24)32-5)28-14-13-20-9-11-23(31-4)12-10-20/h6-12,15-17H,13-14H2,1-5H3,(H,28,29,30)/b18-15+,27-19?. The van der Waals surface area contributed by atoms with Crippen molar-refractivity contribution in [3.8, 4) is 23.0 Å². The van der Waals surface area contributed by atoms with Crippen LogP contribution in [0, 0.1) is 0 Å². The molecule has 0 unspecified atom stereocenters. The third-order valence-corrected chi connectivity index (χ3v) is 5.16. The summed E-state index contributed by atoms with van der Waals surface area (Å²) >= 11 is 0. The van der Waals surface area contributed by atoms with Crippen molar-refractivity contribution < 1.29 is 9.47 Å². The minimum Gasteiger partial charge on any atom is -0.497 e. The Balaban J connectivity index is 1.78. The third kappa shape index (κ3) is 6.17. The Kier molecular flexibility index (Phi) is 7.97. The molecular weight excluding hydrogens is 400 g/mol. The molecule has 0 aliphatic heterocycles. The van der Waals surface area contributed by atoms with E-state index in [9.17, 15) is 0 Å². The van der Waals surface area contributed by atoms with Crippen LogP contribution in [0.4, 0.5) is 5.82 Å². The van der Waals surface area contributed by atoms with Crippen LogP contribution in [0.2, 0.25) is 0 Å². The molecule has 2 aromatic carbocycles. The largest absolute Gasteiger partial charge is 0.497 e. The number of aliphatic imine (C=N–C) groups is 1. The van der Waals surface area contributed by atoms with E-state index in [4.69, 9.17) is 9.47 Å². The molecule has 0 spiro atoms. The monoisotopic (exact) mass is 430 g/mol. The number of hydrogen-bond donors (Lipinski definition) is 1. The molecule has 0 fully saturated rings. The summed E-state index contributed by atoms with van der Waals surface area (Å²) in [7, 11) is 5.05. The smallest absolute Gasteiger partial charge is 0.318 e. The van der Waals surface area contributed by atoms with Crippen LogP contribution in [0.3, 0.4) is 0 Å². The predicted molar refractivity (Wildman–Crippen MR) is 132 cm³/mol. The summed E-state index contributed by atoms with van der Waals surface area (Å²) in [5.41, 5.74) is 6.28. The predicted octanol–water partition coefficient (Wildman–Crippen LogP) is 5.31. The van der Waals surface area contributed by atoms with Crippen LogP contribution >= 0.6 is 0 Å².